The summed E-state index contributed by atoms with van der Waals surface area (Å²) < 4.78 is 10.3. The Morgan fingerprint density at radius 3 is 2.38 bits per heavy atom. The molecule has 8 nitrogen and oxygen atoms in total. The lowest BCUT2D eigenvalue weighted by molar-refractivity contribution is -0.139. The van der Waals surface area contributed by atoms with E-state index in [1.165, 1.54) is 12.1 Å². The zero-order valence-electron chi connectivity index (χ0n) is 16.9. The van der Waals surface area contributed by atoms with Crippen molar-refractivity contribution in [3.63, 3.8) is 0 Å². The average molecular weight is 519 g/mol. The van der Waals surface area contributed by atoms with Gasteiger partial charge < -0.3 is 20.3 Å². The summed E-state index contributed by atoms with van der Waals surface area (Å²) in [6.45, 7) is 0. The third-order valence-corrected chi connectivity index (χ3v) is 5.81. The number of allylic oxidation sites excluding steroid dienone is 1. The number of aromatic hydroxyl groups is 1. The molecule has 3 N–H and O–H groups in total. The molecule has 0 amide bonds. The summed E-state index contributed by atoms with van der Waals surface area (Å²) in [7, 11) is 2.31. The largest absolute Gasteiger partial charge is 0.506 e. The molecule has 32 heavy (non-hydrogen) atoms. The average Bonchev–Trinajstić information content (AvgIpc) is 2.80. The van der Waals surface area contributed by atoms with Crippen molar-refractivity contribution in [3.05, 3.63) is 80.2 Å². The van der Waals surface area contributed by atoms with Crippen molar-refractivity contribution in [1.29, 1.82) is 5.26 Å². The highest BCUT2D eigenvalue weighted by Gasteiger charge is 2.43. The fraction of sp³-hybridized carbons (Fsp3) is 0.136. The first-order chi connectivity index (χ1) is 15.3. The molecular weight excluding hydrogens is 502 g/mol. The molecule has 1 aliphatic heterocycles. The van der Waals surface area contributed by atoms with Gasteiger partial charge in [0.05, 0.1) is 48.1 Å². The molecule has 1 unspecified atom stereocenters. The van der Waals surface area contributed by atoms with Crippen molar-refractivity contribution in [2.24, 2.45) is 5.73 Å². The molecule has 164 valence electrons. The van der Waals surface area contributed by atoms with E-state index in [2.05, 4.69) is 15.9 Å². The van der Waals surface area contributed by atoms with Crippen molar-refractivity contribution in [1.82, 2.24) is 0 Å². The number of rotatable bonds is 4. The molecule has 1 aliphatic rings. The number of carbonyl (C=O) groups excluding carboxylic acids is 2. The van der Waals surface area contributed by atoms with Gasteiger partial charge in [0.1, 0.15) is 17.3 Å². The Kier molecular flexibility index (Phi) is 6.77. The Labute approximate surface area is 197 Å². The number of hydrogen-bond donors (Lipinski definition) is 2. The third kappa shape index (κ3) is 3.90. The van der Waals surface area contributed by atoms with Crippen molar-refractivity contribution >= 4 is 45.2 Å². The van der Waals surface area contributed by atoms with Gasteiger partial charge in [0.2, 0.25) is 0 Å². The zero-order valence-corrected chi connectivity index (χ0v) is 19.3. The summed E-state index contributed by atoms with van der Waals surface area (Å²) in [4.78, 5) is 27.1. The maximum absolute atomic E-state index is 13.0. The summed E-state index contributed by atoms with van der Waals surface area (Å²) in [5.74, 6) is -3.16. The first-order valence-electron chi connectivity index (χ1n) is 9.10. The van der Waals surface area contributed by atoms with Crippen molar-refractivity contribution in [2.45, 2.75) is 5.92 Å². The molecule has 1 heterocycles. The number of hydrogen-bond acceptors (Lipinski definition) is 8. The Bertz CT molecular complexity index is 1200. The van der Waals surface area contributed by atoms with Gasteiger partial charge in [-0.05, 0) is 27.6 Å². The van der Waals surface area contributed by atoms with Gasteiger partial charge in [0.25, 0.3) is 0 Å². The van der Waals surface area contributed by atoms with Crippen LogP contribution in [0.25, 0.3) is 0 Å². The van der Waals surface area contributed by atoms with E-state index in [1.54, 1.807) is 30.3 Å². The number of ether oxygens (including phenoxy) is 2. The van der Waals surface area contributed by atoms with Gasteiger partial charge in [0.15, 0.2) is 0 Å². The van der Waals surface area contributed by atoms with Crippen LogP contribution >= 0.6 is 27.5 Å². The van der Waals surface area contributed by atoms with Gasteiger partial charge in [-0.1, -0.05) is 41.9 Å². The van der Waals surface area contributed by atoms with Gasteiger partial charge in [-0.3, -0.25) is 4.90 Å². The fourth-order valence-electron chi connectivity index (χ4n) is 3.46. The van der Waals surface area contributed by atoms with E-state index in [0.717, 1.165) is 19.1 Å². The van der Waals surface area contributed by atoms with Crippen molar-refractivity contribution in [2.75, 3.05) is 19.1 Å². The summed E-state index contributed by atoms with van der Waals surface area (Å²) in [6, 6.07) is 13.3. The van der Waals surface area contributed by atoms with Gasteiger partial charge in [-0.25, -0.2) is 9.59 Å². The van der Waals surface area contributed by atoms with E-state index in [0.29, 0.717) is 10.0 Å². The number of nitrogens with two attached hydrogens (primary N) is 1. The van der Waals surface area contributed by atoms with Crippen LogP contribution in [0.2, 0.25) is 5.02 Å². The molecule has 2 aromatic carbocycles. The summed E-state index contributed by atoms with van der Waals surface area (Å²) in [6.07, 6.45) is 0. The molecule has 0 spiro atoms. The van der Waals surface area contributed by atoms with Gasteiger partial charge >= 0.3 is 11.9 Å². The smallest absolute Gasteiger partial charge is 0.355 e. The summed E-state index contributed by atoms with van der Waals surface area (Å²) in [5.41, 5.74) is 6.70. The lowest BCUT2D eigenvalue weighted by Gasteiger charge is -2.36. The van der Waals surface area contributed by atoms with E-state index in [4.69, 9.17) is 26.8 Å². The molecule has 0 saturated heterocycles. The number of carbonyl (C=O) groups is 2. The molecule has 2 aromatic rings. The molecule has 3 rings (SSSR count). The Morgan fingerprint density at radius 2 is 1.81 bits per heavy atom. The number of nitriles is 1. The normalized spacial score (nSPS) is 16.0. The second kappa shape index (κ2) is 9.34. The van der Waals surface area contributed by atoms with Crippen LogP contribution < -0.4 is 10.6 Å². The monoisotopic (exact) mass is 517 g/mol. The number of halogens is 2. The Morgan fingerprint density at radius 1 is 1.19 bits per heavy atom. The van der Waals surface area contributed by atoms with E-state index < -0.39 is 17.9 Å². The maximum atomic E-state index is 13.0. The first-order valence-corrected chi connectivity index (χ1v) is 10.3. The lowest BCUT2D eigenvalue weighted by Crippen LogP contribution is -2.40. The molecule has 0 aromatic heterocycles. The Hall–Kier alpha value is -3.48. The highest BCUT2D eigenvalue weighted by atomic mass is 79.9. The number of methoxy groups -OCH3 is 2. The highest BCUT2D eigenvalue weighted by molar-refractivity contribution is 9.10. The molecule has 0 radical (unpaired) electrons. The zero-order chi connectivity index (χ0) is 23.6. The predicted octanol–water partition coefficient (Wildman–Crippen LogP) is 3.71. The summed E-state index contributed by atoms with van der Waals surface area (Å²) >= 11 is 9.31. The number of phenols is 1. The standard InChI is InChI=1S/C22H17BrClN3O5/c1-31-21(29)18-17(11-6-4-3-5-7-11)12(10-25)20(26)27(19(18)22(30)32-2)15-9-16(28)14(24)8-13(15)23/h3-9,17,28H,26H2,1-2H3. The van der Waals surface area contributed by atoms with Crippen molar-refractivity contribution < 1.29 is 24.2 Å². The van der Waals surface area contributed by atoms with Crippen molar-refractivity contribution in [3.8, 4) is 11.8 Å². The van der Waals surface area contributed by atoms with E-state index in [9.17, 15) is 20.0 Å². The maximum Gasteiger partial charge on any atom is 0.355 e. The number of anilines is 1. The molecular formula is C22H17BrClN3O5. The van der Waals surface area contributed by atoms with E-state index >= 15 is 0 Å². The SMILES string of the molecule is COC(=O)C1=C(C(=O)OC)N(c2cc(O)c(Cl)cc2Br)C(N)=C(C#N)C1c1ccccc1. The number of nitrogens with zero attached hydrogens (tertiary/aromatic N) is 2. The van der Waals surface area contributed by atoms with E-state index in [1.807, 2.05) is 6.07 Å². The van der Waals surface area contributed by atoms with Crippen LogP contribution in [0, 0.1) is 11.3 Å². The topological polar surface area (TPSA) is 126 Å². The molecule has 0 aliphatic carbocycles. The van der Waals surface area contributed by atoms with Gasteiger partial charge in [-0.15, -0.1) is 0 Å². The van der Waals surface area contributed by atoms with Crippen LogP contribution in [0.5, 0.6) is 5.75 Å². The summed E-state index contributed by atoms with van der Waals surface area (Å²) in [5, 5.41) is 20.2. The third-order valence-electron chi connectivity index (χ3n) is 4.87. The first kappa shape index (κ1) is 23.2. The van der Waals surface area contributed by atoms with Crippen LogP contribution in [-0.2, 0) is 19.1 Å². The second-order valence-corrected chi connectivity index (χ2v) is 7.85. The van der Waals surface area contributed by atoms with Crippen LogP contribution in [0.4, 0.5) is 5.69 Å². The predicted molar refractivity (Wildman–Crippen MR) is 120 cm³/mol. The van der Waals surface area contributed by atoms with Crippen LogP contribution in [0.3, 0.4) is 0 Å². The van der Waals surface area contributed by atoms with Crippen LogP contribution in [0.15, 0.2) is 69.6 Å². The highest BCUT2D eigenvalue weighted by Crippen LogP contribution is 2.46. The number of phenolic OH excluding ortho intramolecular Hbond substituents is 1. The minimum absolute atomic E-state index is 0.00518. The van der Waals surface area contributed by atoms with Gasteiger partial charge in [-0.2, -0.15) is 5.26 Å². The fourth-order valence-corrected chi connectivity index (χ4v) is 4.28. The molecule has 0 bridgehead atoms. The van der Waals surface area contributed by atoms with Crippen LogP contribution in [0.1, 0.15) is 11.5 Å². The molecule has 0 saturated carbocycles. The second-order valence-electron chi connectivity index (χ2n) is 6.59. The lowest BCUT2D eigenvalue weighted by atomic mass is 9.81. The molecule has 0 fully saturated rings. The molecule has 10 heteroatoms. The van der Waals surface area contributed by atoms with E-state index in [-0.39, 0.29) is 39.1 Å². The number of esters is 2. The van der Waals surface area contributed by atoms with Gasteiger partial charge in [0, 0.05) is 10.5 Å². The molecule has 1 atom stereocenters. The minimum Gasteiger partial charge on any atom is -0.506 e. The minimum atomic E-state index is -0.987. The van der Waals surface area contributed by atoms with Crippen LogP contribution in [-0.4, -0.2) is 31.3 Å². The number of benzene rings is 2. The Balaban J connectivity index is 2.46. The quantitative estimate of drug-likeness (QED) is 0.587.